The van der Waals surface area contributed by atoms with Gasteiger partial charge in [-0.25, -0.2) is 5.01 Å². The highest BCUT2D eigenvalue weighted by Crippen LogP contribution is 2.34. The number of amides is 1. The minimum absolute atomic E-state index is 0.0845. The lowest BCUT2D eigenvalue weighted by molar-refractivity contribution is -0.130. The van der Waals surface area contributed by atoms with Crippen molar-refractivity contribution in [3.63, 3.8) is 0 Å². The third kappa shape index (κ3) is 3.78. The highest BCUT2D eigenvalue weighted by Gasteiger charge is 2.35. The number of thioether (sulfide) groups is 1. The Morgan fingerprint density at radius 2 is 1.96 bits per heavy atom. The lowest BCUT2D eigenvalue weighted by atomic mass is 10.1. The minimum Gasteiger partial charge on any atom is -0.497 e. The van der Waals surface area contributed by atoms with Crippen LogP contribution in [0.25, 0.3) is 0 Å². The lowest BCUT2D eigenvalue weighted by Crippen LogP contribution is -2.28. The summed E-state index contributed by atoms with van der Waals surface area (Å²) in [6.07, 6.45) is 3.76. The van der Waals surface area contributed by atoms with E-state index in [-0.39, 0.29) is 17.7 Å². The Balaban J connectivity index is 1.49. The second-order valence-electron chi connectivity index (χ2n) is 5.96. The lowest BCUT2D eigenvalue weighted by Gasteiger charge is -2.19. The van der Waals surface area contributed by atoms with Crippen LogP contribution in [0.4, 0.5) is 0 Å². The average Bonchev–Trinajstić information content (AvgIpc) is 3.46. The molecule has 1 amide bonds. The molecular weight excluding hydrogens is 364 g/mol. The van der Waals surface area contributed by atoms with Crippen molar-refractivity contribution in [2.75, 3.05) is 12.9 Å². The fourth-order valence-electron chi connectivity index (χ4n) is 2.92. The number of ether oxygens (including phenoxy) is 1. The summed E-state index contributed by atoms with van der Waals surface area (Å²) in [7, 11) is 1.63. The van der Waals surface area contributed by atoms with Gasteiger partial charge in [-0.2, -0.15) is 5.10 Å². The summed E-state index contributed by atoms with van der Waals surface area (Å²) in [5.74, 6) is 2.36. The molecule has 3 heterocycles. The molecule has 0 radical (unpaired) electrons. The normalized spacial score (nSPS) is 16.4. The Morgan fingerprint density at radius 3 is 2.63 bits per heavy atom. The van der Waals surface area contributed by atoms with E-state index in [1.165, 1.54) is 16.8 Å². The molecule has 0 N–H and O–H groups in total. The molecule has 0 spiro atoms. The standard InChI is InChI=1S/C20H18N2O4S/c1-24-14-6-8-15(9-7-14)27-13-20(23)22-17(19-5-3-11-26-19)12-16(21-22)18-4-2-10-25-18/h2-11,17H,12-13H2,1H3. The van der Waals surface area contributed by atoms with Crippen molar-refractivity contribution >= 4 is 23.4 Å². The van der Waals surface area contributed by atoms with Gasteiger partial charge in [0.05, 0.1) is 25.4 Å². The van der Waals surface area contributed by atoms with E-state index in [2.05, 4.69) is 5.10 Å². The van der Waals surface area contributed by atoms with Crippen molar-refractivity contribution in [1.82, 2.24) is 5.01 Å². The number of nitrogens with zero attached hydrogens (tertiary/aromatic N) is 2. The Kier molecular flexibility index (Phi) is 5.02. The summed E-state index contributed by atoms with van der Waals surface area (Å²) < 4.78 is 16.1. The molecule has 0 aliphatic carbocycles. The Bertz CT molecular complexity index is 918. The molecule has 0 saturated heterocycles. The third-order valence-electron chi connectivity index (χ3n) is 4.26. The van der Waals surface area contributed by atoms with Crippen molar-refractivity contribution in [1.29, 1.82) is 0 Å². The van der Waals surface area contributed by atoms with Gasteiger partial charge in [0.25, 0.3) is 5.91 Å². The molecule has 138 valence electrons. The van der Waals surface area contributed by atoms with Crippen molar-refractivity contribution in [3.05, 3.63) is 72.6 Å². The third-order valence-corrected chi connectivity index (χ3v) is 5.26. The van der Waals surface area contributed by atoms with Crippen molar-refractivity contribution in [3.8, 4) is 5.75 Å². The van der Waals surface area contributed by atoms with Crippen LogP contribution in [-0.2, 0) is 4.79 Å². The van der Waals surface area contributed by atoms with E-state index >= 15 is 0 Å². The predicted octanol–water partition coefficient (Wildman–Crippen LogP) is 4.35. The van der Waals surface area contributed by atoms with Crippen LogP contribution in [0, 0.1) is 0 Å². The van der Waals surface area contributed by atoms with Gasteiger partial charge in [-0.05, 0) is 48.5 Å². The van der Waals surface area contributed by atoms with Gasteiger partial charge in [0.1, 0.15) is 29.0 Å². The second-order valence-corrected chi connectivity index (χ2v) is 7.01. The maximum atomic E-state index is 12.9. The maximum Gasteiger partial charge on any atom is 0.253 e. The van der Waals surface area contributed by atoms with E-state index in [4.69, 9.17) is 13.6 Å². The summed E-state index contributed by atoms with van der Waals surface area (Å²) in [5, 5.41) is 6.03. The zero-order chi connectivity index (χ0) is 18.6. The van der Waals surface area contributed by atoms with E-state index in [0.29, 0.717) is 17.9 Å². The molecular formula is C20H18N2O4S. The van der Waals surface area contributed by atoms with Gasteiger partial charge in [0, 0.05) is 11.3 Å². The zero-order valence-electron chi connectivity index (χ0n) is 14.7. The first-order chi connectivity index (χ1) is 13.2. The predicted molar refractivity (Wildman–Crippen MR) is 102 cm³/mol. The molecule has 27 heavy (non-hydrogen) atoms. The molecule has 6 nitrogen and oxygen atoms in total. The van der Waals surface area contributed by atoms with Crippen molar-refractivity contribution < 1.29 is 18.4 Å². The first-order valence-corrected chi connectivity index (χ1v) is 9.47. The minimum atomic E-state index is -0.260. The molecule has 7 heteroatoms. The first kappa shape index (κ1) is 17.5. The first-order valence-electron chi connectivity index (χ1n) is 8.48. The molecule has 1 aliphatic rings. The molecule has 0 bridgehead atoms. The number of carbonyl (C=O) groups is 1. The molecule has 1 aromatic carbocycles. The number of hydrazone groups is 1. The second kappa shape index (κ2) is 7.75. The van der Waals surface area contributed by atoms with Crippen LogP contribution < -0.4 is 4.74 Å². The number of methoxy groups -OCH3 is 1. The largest absolute Gasteiger partial charge is 0.497 e. The summed E-state index contributed by atoms with van der Waals surface area (Å²) in [6, 6.07) is 14.7. The maximum absolute atomic E-state index is 12.9. The molecule has 1 atom stereocenters. The van der Waals surface area contributed by atoms with Gasteiger partial charge in [-0.15, -0.1) is 11.8 Å². The SMILES string of the molecule is COc1ccc(SCC(=O)N2N=C(c3ccco3)CC2c2ccco2)cc1. The van der Waals surface area contributed by atoms with Crippen LogP contribution in [0.2, 0.25) is 0 Å². The molecule has 0 saturated carbocycles. The van der Waals surface area contributed by atoms with Gasteiger partial charge in [0.15, 0.2) is 0 Å². The number of furan rings is 2. The van der Waals surface area contributed by atoms with Crippen LogP contribution in [0.15, 0.2) is 79.9 Å². The molecule has 3 aromatic rings. The summed E-state index contributed by atoms with van der Waals surface area (Å²) in [5.41, 5.74) is 0.740. The topological polar surface area (TPSA) is 68.2 Å². The van der Waals surface area contributed by atoms with Gasteiger partial charge in [-0.3, -0.25) is 4.79 Å². The van der Waals surface area contributed by atoms with E-state index in [1.807, 2.05) is 48.5 Å². The van der Waals surface area contributed by atoms with Crippen LogP contribution in [0.3, 0.4) is 0 Å². The molecule has 1 unspecified atom stereocenters. The van der Waals surface area contributed by atoms with Crippen LogP contribution in [0.5, 0.6) is 5.75 Å². The summed E-state index contributed by atoms with van der Waals surface area (Å²) >= 11 is 1.46. The fraction of sp³-hybridized carbons (Fsp3) is 0.200. The number of carbonyl (C=O) groups excluding carboxylic acids is 1. The highest BCUT2D eigenvalue weighted by atomic mass is 32.2. The summed E-state index contributed by atoms with van der Waals surface area (Å²) in [6.45, 7) is 0. The van der Waals surface area contributed by atoms with Gasteiger partial charge >= 0.3 is 0 Å². The van der Waals surface area contributed by atoms with Crippen molar-refractivity contribution in [2.24, 2.45) is 5.10 Å². The van der Waals surface area contributed by atoms with Gasteiger partial charge < -0.3 is 13.6 Å². The number of benzene rings is 1. The smallest absolute Gasteiger partial charge is 0.253 e. The average molecular weight is 382 g/mol. The molecule has 2 aromatic heterocycles. The van der Waals surface area contributed by atoms with E-state index < -0.39 is 0 Å². The van der Waals surface area contributed by atoms with Gasteiger partial charge in [-0.1, -0.05) is 0 Å². The van der Waals surface area contributed by atoms with E-state index in [0.717, 1.165) is 16.4 Å². The van der Waals surface area contributed by atoms with Crippen LogP contribution in [-0.4, -0.2) is 29.5 Å². The van der Waals surface area contributed by atoms with Crippen LogP contribution >= 0.6 is 11.8 Å². The number of rotatable bonds is 6. The Morgan fingerprint density at radius 1 is 1.19 bits per heavy atom. The molecule has 0 fully saturated rings. The number of hydrogen-bond acceptors (Lipinski definition) is 6. The molecule has 4 rings (SSSR count). The van der Waals surface area contributed by atoms with E-state index in [9.17, 15) is 4.79 Å². The monoisotopic (exact) mass is 382 g/mol. The zero-order valence-corrected chi connectivity index (χ0v) is 15.5. The summed E-state index contributed by atoms with van der Waals surface area (Å²) in [4.78, 5) is 13.9. The van der Waals surface area contributed by atoms with E-state index in [1.54, 1.807) is 19.6 Å². The van der Waals surface area contributed by atoms with Crippen molar-refractivity contribution in [2.45, 2.75) is 17.4 Å². The molecule has 1 aliphatic heterocycles. The quantitative estimate of drug-likeness (QED) is 0.593. The van der Waals surface area contributed by atoms with Gasteiger partial charge in [0.2, 0.25) is 0 Å². The highest BCUT2D eigenvalue weighted by molar-refractivity contribution is 8.00. The van der Waals surface area contributed by atoms with Crippen LogP contribution in [0.1, 0.15) is 24.0 Å². The Hall–Kier alpha value is -2.93. The number of hydrogen-bond donors (Lipinski definition) is 0. The Labute approximate surface area is 160 Å². The fourth-order valence-corrected chi connectivity index (χ4v) is 3.67.